The molecule has 0 radical (unpaired) electrons. The highest BCUT2D eigenvalue weighted by Crippen LogP contribution is 2.24. The Morgan fingerprint density at radius 3 is 2.86 bits per heavy atom. The van der Waals surface area contributed by atoms with Gasteiger partial charge in [0, 0.05) is 17.6 Å². The van der Waals surface area contributed by atoms with Gasteiger partial charge in [0.05, 0.1) is 11.9 Å². The summed E-state index contributed by atoms with van der Waals surface area (Å²) < 4.78 is 27.5. The molecule has 2 N–H and O–H groups in total. The van der Waals surface area contributed by atoms with E-state index in [1.807, 2.05) is 6.92 Å². The van der Waals surface area contributed by atoms with Crippen molar-refractivity contribution in [1.82, 2.24) is 10.3 Å². The van der Waals surface area contributed by atoms with Gasteiger partial charge in [-0.25, -0.2) is 8.42 Å². The fourth-order valence-corrected chi connectivity index (χ4v) is 4.35. The zero-order chi connectivity index (χ0) is 15.3. The molecule has 0 aliphatic rings. The summed E-state index contributed by atoms with van der Waals surface area (Å²) in [5.74, 6) is 0. The third-order valence-corrected chi connectivity index (χ3v) is 5.35. The van der Waals surface area contributed by atoms with Crippen molar-refractivity contribution in [3.8, 4) is 0 Å². The minimum Gasteiger partial charge on any atom is -0.312 e. The molecule has 0 aromatic carbocycles. The van der Waals surface area contributed by atoms with Crippen LogP contribution in [-0.4, -0.2) is 19.9 Å². The Labute approximate surface area is 129 Å². The third kappa shape index (κ3) is 4.26. The molecule has 2 aromatic heterocycles. The molecule has 0 spiro atoms. The van der Waals surface area contributed by atoms with Gasteiger partial charge in [0.2, 0.25) is 0 Å². The number of aromatic nitrogens is 1. The smallest absolute Gasteiger partial charge is 0.263 e. The van der Waals surface area contributed by atoms with E-state index in [4.69, 9.17) is 0 Å². The quantitative estimate of drug-likeness (QED) is 0.768. The van der Waals surface area contributed by atoms with E-state index in [1.54, 1.807) is 23.7 Å². The molecule has 0 saturated carbocycles. The van der Waals surface area contributed by atoms with E-state index in [2.05, 4.69) is 21.9 Å². The van der Waals surface area contributed by atoms with Gasteiger partial charge in [-0.2, -0.15) is 0 Å². The van der Waals surface area contributed by atoms with Gasteiger partial charge in [-0.1, -0.05) is 6.92 Å². The predicted molar refractivity (Wildman–Crippen MR) is 86.1 cm³/mol. The Morgan fingerprint density at radius 2 is 2.14 bits per heavy atom. The molecule has 0 aliphatic heterocycles. The second-order valence-electron chi connectivity index (χ2n) is 4.74. The number of nitrogens with zero attached hydrogens (tertiary/aromatic N) is 1. The van der Waals surface area contributed by atoms with E-state index in [0.717, 1.165) is 23.4 Å². The second kappa shape index (κ2) is 7.02. The number of aryl methyl sites for hydroxylation is 1. The molecular weight excluding hydrogens is 306 g/mol. The molecule has 7 heteroatoms. The maximum atomic E-state index is 12.5. The number of hydrogen-bond acceptors (Lipinski definition) is 5. The first-order chi connectivity index (χ1) is 10.0. The average molecular weight is 325 g/mol. The number of hydrogen-bond donors (Lipinski definition) is 2. The van der Waals surface area contributed by atoms with E-state index in [-0.39, 0.29) is 0 Å². The lowest BCUT2D eigenvalue weighted by molar-refractivity contribution is 0.599. The summed E-state index contributed by atoms with van der Waals surface area (Å²) in [7, 11) is -3.57. The van der Waals surface area contributed by atoms with Crippen LogP contribution in [0.3, 0.4) is 0 Å². The van der Waals surface area contributed by atoms with Gasteiger partial charge >= 0.3 is 0 Å². The first-order valence-electron chi connectivity index (χ1n) is 6.74. The normalized spacial score (nSPS) is 11.5. The van der Waals surface area contributed by atoms with Gasteiger partial charge in [0.15, 0.2) is 0 Å². The van der Waals surface area contributed by atoms with Crippen LogP contribution in [-0.2, 0) is 16.6 Å². The minimum atomic E-state index is -3.57. The van der Waals surface area contributed by atoms with Crippen LogP contribution in [0.1, 0.15) is 23.8 Å². The molecule has 0 atom stereocenters. The summed E-state index contributed by atoms with van der Waals surface area (Å²) in [6, 6.07) is 3.39. The molecule has 0 unspecified atom stereocenters. The van der Waals surface area contributed by atoms with Crippen molar-refractivity contribution in [2.24, 2.45) is 0 Å². The molecule has 0 amide bonds. The van der Waals surface area contributed by atoms with Crippen LogP contribution in [0.4, 0.5) is 5.69 Å². The van der Waals surface area contributed by atoms with Gasteiger partial charge in [0.1, 0.15) is 4.90 Å². The van der Waals surface area contributed by atoms with Crippen molar-refractivity contribution >= 4 is 27.0 Å². The highest BCUT2D eigenvalue weighted by molar-refractivity contribution is 7.93. The summed E-state index contributed by atoms with van der Waals surface area (Å²) in [5, 5.41) is 5.03. The predicted octanol–water partition coefficient (Wildman–Crippen LogP) is 2.75. The van der Waals surface area contributed by atoms with Crippen LogP contribution in [0.2, 0.25) is 0 Å². The molecule has 2 aromatic rings. The van der Waals surface area contributed by atoms with Crippen molar-refractivity contribution in [3.05, 3.63) is 40.3 Å². The maximum absolute atomic E-state index is 12.5. The van der Waals surface area contributed by atoms with E-state index >= 15 is 0 Å². The van der Waals surface area contributed by atoms with Crippen LogP contribution < -0.4 is 10.0 Å². The molecule has 0 fully saturated rings. The topological polar surface area (TPSA) is 71.1 Å². The number of anilines is 1. The minimum absolute atomic E-state index is 0.331. The third-order valence-electron chi connectivity index (χ3n) is 2.83. The van der Waals surface area contributed by atoms with Crippen LogP contribution in [0.5, 0.6) is 0 Å². The van der Waals surface area contributed by atoms with Gasteiger partial charge in [-0.3, -0.25) is 9.71 Å². The molecular formula is C14H19N3O2S2. The van der Waals surface area contributed by atoms with E-state index < -0.39 is 10.0 Å². The molecule has 0 bridgehead atoms. The number of nitrogens with one attached hydrogen (secondary N) is 2. The van der Waals surface area contributed by atoms with Crippen LogP contribution in [0.25, 0.3) is 0 Å². The Kier molecular flexibility index (Phi) is 5.33. The van der Waals surface area contributed by atoms with Gasteiger partial charge in [0.25, 0.3) is 10.0 Å². The summed E-state index contributed by atoms with van der Waals surface area (Å²) in [4.78, 5) is 5.14. The molecule has 114 valence electrons. The van der Waals surface area contributed by atoms with Gasteiger partial charge < -0.3 is 5.32 Å². The zero-order valence-electron chi connectivity index (χ0n) is 12.1. The van der Waals surface area contributed by atoms with E-state index in [0.29, 0.717) is 17.1 Å². The second-order valence-corrected chi connectivity index (χ2v) is 7.39. The first-order valence-corrected chi connectivity index (χ1v) is 9.11. The highest BCUT2D eigenvalue weighted by atomic mass is 32.2. The highest BCUT2D eigenvalue weighted by Gasteiger charge is 2.19. The summed E-state index contributed by atoms with van der Waals surface area (Å²) in [6.07, 6.45) is 4.20. The van der Waals surface area contributed by atoms with Crippen LogP contribution >= 0.6 is 11.3 Å². The van der Waals surface area contributed by atoms with Gasteiger partial charge in [-0.05, 0) is 43.0 Å². The number of rotatable bonds is 7. The number of sulfonamides is 1. The monoisotopic (exact) mass is 325 g/mol. The number of thiophene rings is 1. The molecule has 2 heterocycles. The molecule has 21 heavy (non-hydrogen) atoms. The SMILES string of the molecule is CCCNCc1sccc1S(=O)(=O)Nc1cncc(C)c1. The van der Waals surface area contributed by atoms with Crippen LogP contribution in [0, 0.1) is 6.92 Å². The van der Waals surface area contributed by atoms with Crippen LogP contribution in [0.15, 0.2) is 34.8 Å². The van der Waals surface area contributed by atoms with Crippen molar-refractivity contribution in [1.29, 1.82) is 0 Å². The standard InChI is InChI=1S/C14H19N3O2S2/c1-3-5-15-10-13-14(4-6-20-13)21(18,19)17-12-7-11(2)8-16-9-12/h4,6-9,15,17H,3,5,10H2,1-2H3. The Hall–Kier alpha value is -1.44. The lowest BCUT2D eigenvalue weighted by Gasteiger charge is -2.09. The lowest BCUT2D eigenvalue weighted by Crippen LogP contribution is -2.18. The van der Waals surface area contributed by atoms with Crippen molar-refractivity contribution in [2.75, 3.05) is 11.3 Å². The van der Waals surface area contributed by atoms with E-state index in [9.17, 15) is 8.42 Å². The van der Waals surface area contributed by atoms with Crippen molar-refractivity contribution in [3.63, 3.8) is 0 Å². The molecule has 0 aliphatic carbocycles. The fourth-order valence-electron chi connectivity index (χ4n) is 1.90. The van der Waals surface area contributed by atoms with Gasteiger partial charge in [-0.15, -0.1) is 11.3 Å². The average Bonchev–Trinajstić information content (AvgIpc) is 2.88. The summed E-state index contributed by atoms with van der Waals surface area (Å²) >= 11 is 1.44. The zero-order valence-corrected chi connectivity index (χ0v) is 13.7. The Bertz CT molecular complexity index is 696. The van der Waals surface area contributed by atoms with E-state index in [1.165, 1.54) is 17.5 Å². The Morgan fingerprint density at radius 1 is 1.33 bits per heavy atom. The maximum Gasteiger partial charge on any atom is 0.263 e. The summed E-state index contributed by atoms with van der Waals surface area (Å²) in [6.45, 7) is 5.38. The Balaban J connectivity index is 2.18. The summed E-state index contributed by atoms with van der Waals surface area (Å²) in [5.41, 5.74) is 1.39. The number of pyridine rings is 1. The largest absolute Gasteiger partial charge is 0.312 e. The van der Waals surface area contributed by atoms with Crippen molar-refractivity contribution < 1.29 is 8.42 Å². The fraction of sp³-hybridized carbons (Fsp3) is 0.357. The molecule has 0 saturated heterocycles. The lowest BCUT2D eigenvalue weighted by atomic mass is 10.3. The molecule has 5 nitrogen and oxygen atoms in total. The molecule has 2 rings (SSSR count). The van der Waals surface area contributed by atoms with Crippen molar-refractivity contribution in [2.45, 2.75) is 31.7 Å². The first kappa shape index (κ1) is 15.9.